The molecule has 1 aliphatic carbocycles. The van der Waals surface area contributed by atoms with E-state index in [0.717, 1.165) is 24.0 Å². The number of pyridine rings is 1. The molecule has 0 saturated heterocycles. The van der Waals surface area contributed by atoms with Gasteiger partial charge in [-0.15, -0.1) is 0 Å². The standard InChI is InChI=1S/C24H31N3O5S/c1-16-13-27(17(2)15-28)33(30,31)23-9-8-19(20-5-4-10-25-12-20)11-21(23)32-22(16)14-26(3)24(29)18-6-7-18/h4-5,8-12,16-18,22,28H,6-7,13-15H2,1-3H3/t16-,17+,22+/m1/s1. The fourth-order valence-electron chi connectivity index (χ4n) is 4.16. The molecule has 1 fully saturated rings. The van der Waals surface area contributed by atoms with Gasteiger partial charge in [-0.1, -0.05) is 19.1 Å². The van der Waals surface area contributed by atoms with Crippen LogP contribution in [-0.2, 0) is 14.8 Å². The van der Waals surface area contributed by atoms with E-state index in [-0.39, 0.29) is 41.5 Å². The molecule has 3 atom stereocenters. The van der Waals surface area contributed by atoms with Crippen LogP contribution in [0.4, 0.5) is 0 Å². The molecular weight excluding hydrogens is 442 g/mol. The van der Waals surface area contributed by atoms with Gasteiger partial charge in [0.2, 0.25) is 15.9 Å². The van der Waals surface area contributed by atoms with Crippen LogP contribution < -0.4 is 4.74 Å². The summed E-state index contributed by atoms with van der Waals surface area (Å²) >= 11 is 0. The molecular formula is C24H31N3O5S. The van der Waals surface area contributed by atoms with Crippen molar-refractivity contribution in [1.29, 1.82) is 0 Å². The molecule has 178 valence electrons. The average molecular weight is 474 g/mol. The normalized spacial score (nSPS) is 23.5. The first-order valence-corrected chi connectivity index (χ1v) is 12.7. The number of carbonyl (C=O) groups is 1. The summed E-state index contributed by atoms with van der Waals surface area (Å²) in [4.78, 5) is 18.5. The van der Waals surface area contributed by atoms with Crippen molar-refractivity contribution in [2.45, 2.75) is 43.7 Å². The van der Waals surface area contributed by atoms with Crippen molar-refractivity contribution in [2.24, 2.45) is 11.8 Å². The van der Waals surface area contributed by atoms with Crippen molar-refractivity contribution in [3.63, 3.8) is 0 Å². The van der Waals surface area contributed by atoms with E-state index in [1.54, 1.807) is 49.5 Å². The molecule has 0 bridgehead atoms. The second-order valence-corrected chi connectivity index (χ2v) is 11.0. The summed E-state index contributed by atoms with van der Waals surface area (Å²) in [5.74, 6) is 0.230. The zero-order valence-corrected chi connectivity index (χ0v) is 20.0. The number of rotatable bonds is 6. The molecule has 2 aromatic rings. The molecule has 1 N–H and O–H groups in total. The number of sulfonamides is 1. The second kappa shape index (κ2) is 9.40. The highest BCUT2D eigenvalue weighted by Crippen LogP contribution is 2.37. The van der Waals surface area contributed by atoms with Crippen molar-refractivity contribution < 1.29 is 23.1 Å². The topological polar surface area (TPSA) is 100 Å². The van der Waals surface area contributed by atoms with Gasteiger partial charge in [0.05, 0.1) is 13.2 Å². The molecule has 8 nitrogen and oxygen atoms in total. The minimum atomic E-state index is -3.91. The first-order chi connectivity index (χ1) is 15.7. The van der Waals surface area contributed by atoms with Gasteiger partial charge in [-0.05, 0) is 43.5 Å². The molecule has 0 radical (unpaired) electrons. The Morgan fingerprint density at radius 2 is 2.06 bits per heavy atom. The van der Waals surface area contributed by atoms with Gasteiger partial charge in [0, 0.05) is 49.4 Å². The predicted octanol–water partition coefficient (Wildman–Crippen LogP) is 2.39. The van der Waals surface area contributed by atoms with Crippen LogP contribution >= 0.6 is 0 Å². The van der Waals surface area contributed by atoms with E-state index in [9.17, 15) is 18.3 Å². The molecule has 1 aromatic carbocycles. The molecule has 1 saturated carbocycles. The lowest BCUT2D eigenvalue weighted by Crippen LogP contribution is -2.50. The summed E-state index contributed by atoms with van der Waals surface area (Å²) < 4.78 is 34.8. The van der Waals surface area contributed by atoms with E-state index in [2.05, 4.69) is 4.98 Å². The van der Waals surface area contributed by atoms with Crippen LogP contribution in [0.3, 0.4) is 0 Å². The quantitative estimate of drug-likeness (QED) is 0.692. The number of hydrogen-bond acceptors (Lipinski definition) is 6. The molecule has 1 amide bonds. The molecule has 4 rings (SSSR count). The van der Waals surface area contributed by atoms with Gasteiger partial charge >= 0.3 is 0 Å². The van der Waals surface area contributed by atoms with Gasteiger partial charge in [0.1, 0.15) is 16.7 Å². The number of likely N-dealkylation sites (N-methyl/N-ethyl adjacent to an activating group) is 1. The number of carbonyl (C=O) groups excluding carboxylic acids is 1. The van der Waals surface area contributed by atoms with E-state index in [4.69, 9.17) is 4.74 Å². The third-order valence-corrected chi connectivity index (χ3v) is 8.44. The Balaban J connectivity index is 1.76. The first kappa shape index (κ1) is 23.7. The Labute approximate surface area is 195 Å². The van der Waals surface area contributed by atoms with Gasteiger partial charge in [0.25, 0.3) is 0 Å². The van der Waals surface area contributed by atoms with Gasteiger partial charge in [0.15, 0.2) is 0 Å². The molecule has 0 spiro atoms. The van der Waals surface area contributed by atoms with Crippen LogP contribution in [0.5, 0.6) is 5.75 Å². The highest BCUT2D eigenvalue weighted by molar-refractivity contribution is 7.89. The number of ether oxygens (including phenoxy) is 1. The van der Waals surface area contributed by atoms with Crippen molar-refractivity contribution in [3.8, 4) is 16.9 Å². The summed E-state index contributed by atoms with van der Waals surface area (Å²) in [5, 5.41) is 9.76. The average Bonchev–Trinajstić information content (AvgIpc) is 3.66. The van der Waals surface area contributed by atoms with Gasteiger partial charge in [-0.2, -0.15) is 4.31 Å². The fourth-order valence-corrected chi connectivity index (χ4v) is 5.98. The van der Waals surface area contributed by atoms with Crippen molar-refractivity contribution >= 4 is 15.9 Å². The van der Waals surface area contributed by atoms with Crippen LogP contribution in [0.25, 0.3) is 11.1 Å². The van der Waals surface area contributed by atoms with Crippen molar-refractivity contribution in [2.75, 3.05) is 26.7 Å². The van der Waals surface area contributed by atoms with Gasteiger partial charge < -0.3 is 14.7 Å². The number of aromatic nitrogens is 1. The zero-order chi connectivity index (χ0) is 23.8. The SMILES string of the molecule is C[C@@H]1CN([C@@H](C)CO)S(=O)(=O)c2ccc(-c3cccnc3)cc2O[C@H]1CN(C)C(=O)C1CC1. The van der Waals surface area contributed by atoms with Crippen LogP contribution in [0.15, 0.2) is 47.6 Å². The Kier molecular flexibility index (Phi) is 6.74. The molecule has 0 unspecified atom stereocenters. The van der Waals surface area contributed by atoms with Crippen LogP contribution in [0.2, 0.25) is 0 Å². The minimum absolute atomic E-state index is 0.0588. The number of aliphatic hydroxyl groups excluding tert-OH is 1. The largest absolute Gasteiger partial charge is 0.487 e. The van der Waals surface area contributed by atoms with E-state index in [1.165, 1.54) is 4.31 Å². The summed E-state index contributed by atoms with van der Waals surface area (Å²) in [7, 11) is -2.13. The number of benzene rings is 1. The first-order valence-electron chi connectivity index (χ1n) is 11.3. The van der Waals surface area contributed by atoms with E-state index in [0.29, 0.717) is 6.54 Å². The number of aliphatic hydroxyl groups is 1. The smallest absolute Gasteiger partial charge is 0.247 e. The maximum absolute atomic E-state index is 13.6. The van der Waals surface area contributed by atoms with Gasteiger partial charge in [-0.25, -0.2) is 8.42 Å². The monoisotopic (exact) mass is 473 g/mol. The zero-order valence-electron chi connectivity index (χ0n) is 19.2. The molecule has 33 heavy (non-hydrogen) atoms. The third-order valence-electron chi connectivity index (χ3n) is 6.42. The second-order valence-electron chi connectivity index (χ2n) is 9.14. The Bertz CT molecular complexity index is 1100. The maximum Gasteiger partial charge on any atom is 0.247 e. The summed E-state index contributed by atoms with van der Waals surface area (Å²) in [5.41, 5.74) is 1.63. The van der Waals surface area contributed by atoms with Crippen LogP contribution in [-0.4, -0.2) is 72.5 Å². The molecule has 1 aliphatic heterocycles. The molecule has 2 aliphatic rings. The highest BCUT2D eigenvalue weighted by Gasteiger charge is 2.39. The Hall–Kier alpha value is -2.49. The number of amides is 1. The lowest BCUT2D eigenvalue weighted by Gasteiger charge is -2.37. The number of fused-ring (bicyclic) bond motifs is 1. The van der Waals surface area contributed by atoms with E-state index >= 15 is 0 Å². The highest BCUT2D eigenvalue weighted by atomic mass is 32.2. The Morgan fingerprint density at radius 3 is 2.70 bits per heavy atom. The predicted molar refractivity (Wildman–Crippen MR) is 124 cm³/mol. The molecule has 2 heterocycles. The van der Waals surface area contributed by atoms with Crippen molar-refractivity contribution in [1.82, 2.24) is 14.2 Å². The maximum atomic E-state index is 13.6. The number of hydrogen-bond donors (Lipinski definition) is 1. The molecule has 9 heteroatoms. The lowest BCUT2D eigenvalue weighted by molar-refractivity contribution is -0.132. The van der Waals surface area contributed by atoms with Crippen LogP contribution in [0, 0.1) is 11.8 Å². The number of nitrogens with zero attached hydrogens (tertiary/aromatic N) is 3. The van der Waals surface area contributed by atoms with Gasteiger partial charge in [-0.3, -0.25) is 9.78 Å². The van der Waals surface area contributed by atoms with E-state index in [1.807, 2.05) is 19.1 Å². The lowest BCUT2D eigenvalue weighted by atomic mass is 10.0. The summed E-state index contributed by atoms with van der Waals surface area (Å²) in [6, 6.07) is 8.14. The summed E-state index contributed by atoms with van der Waals surface area (Å²) in [6.07, 6.45) is 4.81. The Morgan fingerprint density at radius 1 is 1.30 bits per heavy atom. The summed E-state index contributed by atoms with van der Waals surface area (Å²) in [6.45, 7) is 3.86. The van der Waals surface area contributed by atoms with Crippen LogP contribution in [0.1, 0.15) is 26.7 Å². The third kappa shape index (κ3) is 4.90. The van der Waals surface area contributed by atoms with Crippen molar-refractivity contribution in [3.05, 3.63) is 42.7 Å². The fraction of sp³-hybridized carbons (Fsp3) is 0.500. The van der Waals surface area contributed by atoms with E-state index < -0.39 is 22.2 Å². The molecule has 1 aromatic heterocycles. The minimum Gasteiger partial charge on any atom is -0.487 e.